The minimum atomic E-state index is -0.768. The van der Waals surface area contributed by atoms with Gasteiger partial charge in [-0.25, -0.2) is 0 Å². The van der Waals surface area contributed by atoms with E-state index in [0.717, 1.165) is 16.5 Å². The van der Waals surface area contributed by atoms with Gasteiger partial charge in [0, 0.05) is 30.4 Å². The highest BCUT2D eigenvalue weighted by Gasteiger charge is 2.20. The lowest BCUT2D eigenvalue weighted by molar-refractivity contribution is -0.155. The van der Waals surface area contributed by atoms with E-state index in [2.05, 4.69) is 9.72 Å². The third kappa shape index (κ3) is 4.32. The predicted octanol–water partition coefficient (Wildman–Crippen LogP) is 1.42. The van der Waals surface area contributed by atoms with Crippen molar-refractivity contribution in [2.45, 2.75) is 45.4 Å². The van der Waals surface area contributed by atoms with Crippen LogP contribution in [-0.4, -0.2) is 40.2 Å². The first-order valence-electron chi connectivity index (χ1n) is 7.68. The van der Waals surface area contributed by atoms with Crippen LogP contribution < -0.4 is 5.73 Å². The molecule has 0 aliphatic heterocycles. The molecule has 2 N–H and O–H groups in total. The van der Waals surface area contributed by atoms with Gasteiger partial charge in [0.05, 0.1) is 12.6 Å². The Hall–Kier alpha value is -2.41. The molecule has 7 nitrogen and oxygen atoms in total. The number of fused-ring (bicyclic) bond motifs is 1. The van der Waals surface area contributed by atoms with Crippen molar-refractivity contribution in [3.8, 4) is 0 Å². The molecule has 7 heteroatoms. The van der Waals surface area contributed by atoms with Crippen LogP contribution in [0, 0.1) is 0 Å². The average Bonchev–Trinajstić information content (AvgIpc) is 2.82. The predicted molar refractivity (Wildman–Crippen MR) is 89.3 cm³/mol. The number of carbonyl (C=O) groups excluding carboxylic acids is 2. The number of esters is 2. The molecule has 0 fully saturated rings. The third-order valence-electron chi connectivity index (χ3n) is 3.43. The van der Waals surface area contributed by atoms with Crippen molar-refractivity contribution in [2.24, 2.45) is 5.73 Å². The van der Waals surface area contributed by atoms with Crippen LogP contribution in [0.25, 0.3) is 10.9 Å². The fourth-order valence-electron chi connectivity index (χ4n) is 2.49. The maximum Gasteiger partial charge on any atom is 0.326 e. The van der Waals surface area contributed by atoms with Crippen molar-refractivity contribution >= 4 is 22.8 Å². The smallest absolute Gasteiger partial charge is 0.326 e. The number of aromatic nitrogens is 2. The molecule has 2 aromatic heterocycles. The van der Waals surface area contributed by atoms with Crippen LogP contribution in [0.2, 0.25) is 0 Å². The Kier molecular flexibility index (Phi) is 5.23. The number of hydrogen-bond donors (Lipinski definition) is 1. The number of hydrogen-bond acceptors (Lipinski definition) is 6. The van der Waals surface area contributed by atoms with Gasteiger partial charge in [-0.2, -0.15) is 0 Å². The number of pyridine rings is 1. The fraction of sp³-hybridized carbons (Fsp3) is 0.471. The first-order chi connectivity index (χ1) is 11.2. The lowest BCUT2D eigenvalue weighted by Gasteiger charge is -2.19. The van der Waals surface area contributed by atoms with Crippen molar-refractivity contribution in [1.82, 2.24) is 9.55 Å². The van der Waals surface area contributed by atoms with Gasteiger partial charge in [-0.3, -0.25) is 14.6 Å². The Labute approximate surface area is 140 Å². The summed E-state index contributed by atoms with van der Waals surface area (Å²) in [5.41, 5.74) is 6.97. The third-order valence-corrected chi connectivity index (χ3v) is 3.43. The summed E-state index contributed by atoms with van der Waals surface area (Å²) < 4.78 is 11.8. The highest BCUT2D eigenvalue weighted by atomic mass is 16.6. The van der Waals surface area contributed by atoms with Gasteiger partial charge in [-0.15, -0.1) is 0 Å². The zero-order valence-electron chi connectivity index (χ0n) is 14.4. The lowest BCUT2D eigenvalue weighted by Crippen LogP contribution is -2.33. The minimum Gasteiger partial charge on any atom is -0.468 e. The van der Waals surface area contributed by atoms with E-state index in [0.29, 0.717) is 6.42 Å². The van der Waals surface area contributed by atoms with Gasteiger partial charge >= 0.3 is 11.9 Å². The topological polar surface area (TPSA) is 96.4 Å². The van der Waals surface area contributed by atoms with E-state index >= 15 is 0 Å². The van der Waals surface area contributed by atoms with Crippen molar-refractivity contribution < 1.29 is 19.1 Å². The molecule has 0 spiro atoms. The van der Waals surface area contributed by atoms with E-state index in [9.17, 15) is 9.59 Å². The van der Waals surface area contributed by atoms with Crippen molar-refractivity contribution in [1.29, 1.82) is 0 Å². The van der Waals surface area contributed by atoms with Crippen molar-refractivity contribution in [3.05, 3.63) is 30.2 Å². The second-order valence-corrected chi connectivity index (χ2v) is 6.60. The first kappa shape index (κ1) is 17.9. The maximum atomic E-state index is 12.1. The molecule has 0 saturated carbocycles. The van der Waals surface area contributed by atoms with Crippen LogP contribution in [0.15, 0.2) is 24.7 Å². The normalized spacial score (nSPS) is 12.9. The molecule has 2 heterocycles. The second kappa shape index (κ2) is 7.00. The lowest BCUT2D eigenvalue weighted by atomic mass is 10.1. The Bertz CT molecular complexity index is 746. The molecule has 1 atom stereocenters. The van der Waals surface area contributed by atoms with E-state index in [-0.39, 0.29) is 12.5 Å². The summed E-state index contributed by atoms with van der Waals surface area (Å²) in [6, 6.07) is 1.04. The number of nitrogens with two attached hydrogens (primary N) is 1. The molecule has 0 bridgehead atoms. The van der Waals surface area contributed by atoms with Gasteiger partial charge in [-0.1, -0.05) is 0 Å². The molecular formula is C17H23N3O4. The van der Waals surface area contributed by atoms with Crippen LogP contribution in [0.3, 0.4) is 0 Å². The van der Waals surface area contributed by atoms with Gasteiger partial charge in [-0.05, 0) is 32.4 Å². The Morgan fingerprint density at radius 3 is 2.71 bits per heavy atom. The Morgan fingerprint density at radius 1 is 1.38 bits per heavy atom. The molecule has 0 aliphatic carbocycles. The number of methoxy groups -OCH3 is 1. The summed E-state index contributed by atoms with van der Waals surface area (Å²) in [5.74, 6) is -0.813. The summed E-state index contributed by atoms with van der Waals surface area (Å²) >= 11 is 0. The molecule has 0 aromatic carbocycles. The molecular weight excluding hydrogens is 310 g/mol. The van der Waals surface area contributed by atoms with Crippen LogP contribution >= 0.6 is 0 Å². The second-order valence-electron chi connectivity index (χ2n) is 6.60. The Morgan fingerprint density at radius 2 is 2.08 bits per heavy atom. The molecule has 0 radical (unpaired) electrons. The van der Waals surface area contributed by atoms with Crippen molar-refractivity contribution in [2.75, 3.05) is 7.11 Å². The highest BCUT2D eigenvalue weighted by Crippen LogP contribution is 2.22. The SMILES string of the molecule is COC(=O)C(N)Cc1cn(CC(=O)OC(C)(C)C)c2ccncc12. The number of nitrogens with zero attached hydrogens (tertiary/aromatic N) is 2. The monoisotopic (exact) mass is 333 g/mol. The van der Waals surface area contributed by atoms with E-state index < -0.39 is 17.6 Å². The maximum absolute atomic E-state index is 12.1. The molecule has 130 valence electrons. The molecule has 1 unspecified atom stereocenters. The van der Waals surface area contributed by atoms with E-state index in [1.54, 1.807) is 23.2 Å². The summed E-state index contributed by atoms with van der Waals surface area (Å²) in [4.78, 5) is 27.8. The summed E-state index contributed by atoms with van der Waals surface area (Å²) in [6.45, 7) is 5.54. The van der Waals surface area contributed by atoms with Crippen LogP contribution in [-0.2, 0) is 32.0 Å². The van der Waals surface area contributed by atoms with Crippen LogP contribution in [0.4, 0.5) is 0 Å². The number of ether oxygens (including phenoxy) is 2. The zero-order chi connectivity index (χ0) is 17.9. The largest absolute Gasteiger partial charge is 0.468 e. The van der Waals surface area contributed by atoms with E-state index in [4.69, 9.17) is 10.5 Å². The molecule has 0 aliphatic rings. The quantitative estimate of drug-likeness (QED) is 0.831. The number of rotatable bonds is 5. The average molecular weight is 333 g/mol. The van der Waals surface area contributed by atoms with Gasteiger partial charge in [0.15, 0.2) is 0 Å². The molecule has 24 heavy (non-hydrogen) atoms. The molecule has 0 amide bonds. The van der Waals surface area contributed by atoms with E-state index in [1.165, 1.54) is 7.11 Å². The zero-order valence-corrected chi connectivity index (χ0v) is 14.4. The highest BCUT2D eigenvalue weighted by molar-refractivity contribution is 5.85. The van der Waals surface area contributed by atoms with Crippen LogP contribution in [0.1, 0.15) is 26.3 Å². The van der Waals surface area contributed by atoms with Gasteiger partial charge in [0.2, 0.25) is 0 Å². The van der Waals surface area contributed by atoms with Gasteiger partial charge in [0.1, 0.15) is 18.2 Å². The van der Waals surface area contributed by atoms with Crippen LogP contribution in [0.5, 0.6) is 0 Å². The van der Waals surface area contributed by atoms with E-state index in [1.807, 2.05) is 26.8 Å². The summed E-state index contributed by atoms with van der Waals surface area (Å²) in [7, 11) is 1.30. The number of carbonyl (C=O) groups is 2. The van der Waals surface area contributed by atoms with Crippen molar-refractivity contribution in [3.63, 3.8) is 0 Å². The summed E-state index contributed by atoms with van der Waals surface area (Å²) in [6.07, 6.45) is 5.45. The Balaban J connectivity index is 2.28. The van der Waals surface area contributed by atoms with Gasteiger partial charge < -0.3 is 19.8 Å². The fourth-order valence-corrected chi connectivity index (χ4v) is 2.49. The summed E-state index contributed by atoms with van der Waals surface area (Å²) in [5, 5.41) is 0.848. The molecule has 2 aromatic rings. The first-order valence-corrected chi connectivity index (χ1v) is 7.68. The standard InChI is InChI=1S/C17H23N3O4/c1-17(2,3)24-15(21)10-20-9-11(7-13(18)16(22)23-4)12-8-19-6-5-14(12)20/h5-6,8-9,13H,7,10,18H2,1-4H3. The molecule has 0 saturated heterocycles. The minimum absolute atomic E-state index is 0.0746. The van der Waals surface area contributed by atoms with Gasteiger partial charge in [0.25, 0.3) is 0 Å². The molecule has 2 rings (SSSR count).